The summed E-state index contributed by atoms with van der Waals surface area (Å²) in [7, 11) is 0. The molecule has 2 aromatic carbocycles. The zero-order valence-corrected chi connectivity index (χ0v) is 18.7. The molecule has 3 heterocycles. The Balaban J connectivity index is 1.55. The first kappa shape index (κ1) is 21.5. The Kier molecular flexibility index (Phi) is 6.02. The van der Waals surface area contributed by atoms with Crippen LogP contribution in [-0.2, 0) is 4.74 Å². The highest BCUT2D eigenvalue weighted by Gasteiger charge is 2.42. The molecule has 0 bridgehead atoms. The molecule has 0 aliphatic carbocycles. The highest BCUT2D eigenvalue weighted by Crippen LogP contribution is 2.44. The van der Waals surface area contributed by atoms with Crippen LogP contribution in [0.15, 0.2) is 48.5 Å². The molecule has 2 N–H and O–H groups in total. The van der Waals surface area contributed by atoms with Crippen LogP contribution in [0.5, 0.6) is 11.5 Å². The molecule has 8 heteroatoms. The van der Waals surface area contributed by atoms with E-state index in [0.717, 1.165) is 42.0 Å². The van der Waals surface area contributed by atoms with Crippen LogP contribution in [0, 0.1) is 0 Å². The van der Waals surface area contributed by atoms with Gasteiger partial charge >= 0.3 is 0 Å². The molecular weight excluding hydrogens is 420 g/mol. The second kappa shape index (κ2) is 9.25. The summed E-state index contributed by atoms with van der Waals surface area (Å²) >= 11 is 0. The number of hydrogen-bond donors (Lipinski definition) is 2. The minimum atomic E-state index is -0.331. The number of amides is 1. The first-order chi connectivity index (χ1) is 16.2. The number of ether oxygens (including phenoxy) is 2. The molecule has 1 atom stereocenters. The van der Waals surface area contributed by atoms with Crippen LogP contribution in [0.1, 0.15) is 34.6 Å². The van der Waals surface area contributed by atoms with Crippen molar-refractivity contribution >= 4 is 5.91 Å². The van der Waals surface area contributed by atoms with Crippen LogP contribution < -0.4 is 4.74 Å². The van der Waals surface area contributed by atoms with E-state index in [0.29, 0.717) is 37.8 Å². The molecule has 1 fully saturated rings. The van der Waals surface area contributed by atoms with Crippen LogP contribution in [0.4, 0.5) is 0 Å². The zero-order chi connectivity index (χ0) is 22.8. The van der Waals surface area contributed by atoms with Crippen LogP contribution in [0.3, 0.4) is 0 Å². The molecule has 1 aromatic heterocycles. The number of aromatic amines is 1. The molecule has 5 rings (SSSR count). The van der Waals surface area contributed by atoms with Gasteiger partial charge in [0.25, 0.3) is 5.91 Å². The summed E-state index contributed by atoms with van der Waals surface area (Å²) < 4.78 is 11.1. The largest absolute Gasteiger partial charge is 0.504 e. The van der Waals surface area contributed by atoms with Crippen LogP contribution in [0.25, 0.3) is 11.3 Å². The molecule has 1 amide bonds. The number of phenolic OH excluding ortho intramolecular Hbond substituents is 1. The Morgan fingerprint density at radius 2 is 1.94 bits per heavy atom. The number of aromatic hydroxyl groups is 1. The zero-order valence-electron chi connectivity index (χ0n) is 18.7. The number of aromatic nitrogens is 2. The molecular formula is C25H28N4O4. The van der Waals surface area contributed by atoms with Gasteiger partial charge in [0.1, 0.15) is 5.69 Å². The highest BCUT2D eigenvalue weighted by molar-refractivity contribution is 6.00. The molecule has 8 nitrogen and oxygen atoms in total. The van der Waals surface area contributed by atoms with E-state index >= 15 is 0 Å². The summed E-state index contributed by atoms with van der Waals surface area (Å²) in [5.41, 5.74) is 3.98. The maximum atomic E-state index is 13.5. The van der Waals surface area contributed by atoms with Gasteiger partial charge in [0.15, 0.2) is 11.5 Å². The Morgan fingerprint density at radius 1 is 1.15 bits per heavy atom. The van der Waals surface area contributed by atoms with Crippen molar-refractivity contribution in [1.82, 2.24) is 20.0 Å². The minimum absolute atomic E-state index is 0.0658. The smallest absolute Gasteiger partial charge is 0.273 e. The van der Waals surface area contributed by atoms with Crippen molar-refractivity contribution in [2.45, 2.75) is 13.0 Å². The summed E-state index contributed by atoms with van der Waals surface area (Å²) in [5, 5.41) is 17.8. The predicted molar refractivity (Wildman–Crippen MR) is 123 cm³/mol. The highest BCUT2D eigenvalue weighted by atomic mass is 16.5. The van der Waals surface area contributed by atoms with E-state index in [9.17, 15) is 9.90 Å². The second-order valence-electron chi connectivity index (χ2n) is 8.24. The fourth-order valence-electron chi connectivity index (χ4n) is 4.64. The number of nitrogens with zero attached hydrogens (tertiary/aromatic N) is 3. The lowest BCUT2D eigenvalue weighted by molar-refractivity contribution is 0.0316. The number of H-pyrrole nitrogens is 1. The lowest BCUT2D eigenvalue weighted by Crippen LogP contribution is -2.42. The van der Waals surface area contributed by atoms with Gasteiger partial charge in [-0.25, -0.2) is 0 Å². The number of benzene rings is 2. The molecule has 1 saturated heterocycles. The predicted octanol–water partition coefficient (Wildman–Crippen LogP) is 3.06. The molecule has 1 unspecified atom stereocenters. The average Bonchev–Trinajstić information content (AvgIpc) is 3.39. The molecule has 2 aliphatic heterocycles. The number of morpholine rings is 1. The maximum Gasteiger partial charge on any atom is 0.273 e. The molecule has 3 aromatic rings. The Hall–Kier alpha value is -3.36. The van der Waals surface area contributed by atoms with E-state index in [4.69, 9.17) is 9.47 Å². The Labute approximate surface area is 192 Å². The van der Waals surface area contributed by atoms with E-state index in [1.54, 1.807) is 6.07 Å². The summed E-state index contributed by atoms with van der Waals surface area (Å²) in [6.07, 6.45) is 0. The third kappa shape index (κ3) is 4.07. The van der Waals surface area contributed by atoms with Crippen LogP contribution >= 0.6 is 0 Å². The molecule has 33 heavy (non-hydrogen) atoms. The van der Waals surface area contributed by atoms with Gasteiger partial charge in [-0.15, -0.1) is 0 Å². The molecule has 0 spiro atoms. The van der Waals surface area contributed by atoms with Crippen molar-refractivity contribution in [2.75, 3.05) is 46.0 Å². The monoisotopic (exact) mass is 448 g/mol. The van der Waals surface area contributed by atoms with Gasteiger partial charge in [0, 0.05) is 37.3 Å². The topological polar surface area (TPSA) is 90.9 Å². The number of hydrogen-bond acceptors (Lipinski definition) is 6. The van der Waals surface area contributed by atoms with Crippen molar-refractivity contribution in [1.29, 1.82) is 0 Å². The Morgan fingerprint density at radius 3 is 2.70 bits per heavy atom. The van der Waals surface area contributed by atoms with Gasteiger partial charge in [-0.1, -0.05) is 36.4 Å². The van der Waals surface area contributed by atoms with Crippen molar-refractivity contribution < 1.29 is 19.4 Å². The first-order valence-corrected chi connectivity index (χ1v) is 11.4. The van der Waals surface area contributed by atoms with Crippen molar-refractivity contribution in [3.05, 3.63) is 65.4 Å². The maximum absolute atomic E-state index is 13.5. The third-order valence-corrected chi connectivity index (χ3v) is 6.27. The van der Waals surface area contributed by atoms with E-state index in [2.05, 4.69) is 15.1 Å². The van der Waals surface area contributed by atoms with Gasteiger partial charge in [-0.2, -0.15) is 5.10 Å². The molecule has 0 radical (unpaired) electrons. The minimum Gasteiger partial charge on any atom is -0.504 e. The van der Waals surface area contributed by atoms with Gasteiger partial charge in [0.05, 0.1) is 31.6 Å². The summed E-state index contributed by atoms with van der Waals surface area (Å²) in [6.45, 7) is 6.81. The quantitative estimate of drug-likeness (QED) is 0.577. The van der Waals surface area contributed by atoms with Gasteiger partial charge < -0.3 is 19.5 Å². The van der Waals surface area contributed by atoms with E-state index in [1.807, 2.05) is 54.3 Å². The third-order valence-electron chi connectivity index (χ3n) is 6.27. The number of carbonyl (C=O) groups excluding carboxylic acids is 1. The second-order valence-corrected chi connectivity index (χ2v) is 8.24. The SMILES string of the molecule is CCOc1cc(C2c3c(-c4ccccc4)n[nH]c3C(=O)N2CCN2CCOCC2)ccc1O. The number of fused-ring (bicyclic) bond motifs is 1. The van der Waals surface area contributed by atoms with Gasteiger partial charge in [-0.05, 0) is 24.6 Å². The average molecular weight is 449 g/mol. The summed E-state index contributed by atoms with van der Waals surface area (Å²) in [5.74, 6) is 0.429. The molecule has 172 valence electrons. The number of nitrogens with one attached hydrogen (secondary N) is 1. The lowest BCUT2D eigenvalue weighted by atomic mass is 9.95. The van der Waals surface area contributed by atoms with Crippen molar-refractivity contribution in [3.8, 4) is 22.8 Å². The fraction of sp³-hybridized carbons (Fsp3) is 0.360. The van der Waals surface area contributed by atoms with E-state index in [-0.39, 0.29) is 17.7 Å². The molecule has 0 saturated carbocycles. The normalized spacial score (nSPS) is 18.5. The van der Waals surface area contributed by atoms with Crippen molar-refractivity contribution in [3.63, 3.8) is 0 Å². The standard InChI is InChI=1S/C25H28N4O4/c1-2-33-20-16-18(8-9-19(20)30)24-21-22(17-6-4-3-5-7-17)26-27-23(21)25(31)29(24)11-10-28-12-14-32-15-13-28/h3-9,16,24,30H,2,10-15H2,1H3,(H,26,27). The lowest BCUT2D eigenvalue weighted by Gasteiger charge is -2.31. The van der Waals surface area contributed by atoms with Gasteiger partial charge in [-0.3, -0.25) is 14.8 Å². The molecule has 2 aliphatic rings. The van der Waals surface area contributed by atoms with E-state index in [1.165, 1.54) is 0 Å². The number of rotatable bonds is 7. The van der Waals surface area contributed by atoms with Gasteiger partial charge in [0.2, 0.25) is 0 Å². The van der Waals surface area contributed by atoms with Crippen LogP contribution in [0.2, 0.25) is 0 Å². The number of phenols is 1. The Bertz CT molecular complexity index is 1120. The van der Waals surface area contributed by atoms with E-state index < -0.39 is 0 Å². The number of carbonyl (C=O) groups is 1. The first-order valence-electron chi connectivity index (χ1n) is 11.4. The summed E-state index contributed by atoms with van der Waals surface area (Å²) in [4.78, 5) is 17.7. The van der Waals surface area contributed by atoms with Crippen molar-refractivity contribution in [2.24, 2.45) is 0 Å². The summed E-state index contributed by atoms with van der Waals surface area (Å²) in [6, 6.07) is 14.9. The van der Waals surface area contributed by atoms with Crippen LogP contribution in [-0.4, -0.2) is 77.0 Å². The fourth-order valence-corrected chi connectivity index (χ4v) is 4.64.